The van der Waals surface area contributed by atoms with Crippen molar-refractivity contribution in [1.29, 1.82) is 0 Å². The fourth-order valence-corrected chi connectivity index (χ4v) is 11.6. The maximum Gasteiger partial charge on any atom is 0.116 e. The van der Waals surface area contributed by atoms with Crippen LogP contribution in [0.15, 0.2) is 256 Å². The smallest absolute Gasteiger partial charge is 0.116 e. The fourth-order valence-electron chi connectivity index (χ4n) is 11.6. The van der Waals surface area contributed by atoms with Crippen LogP contribution in [0.1, 0.15) is 225 Å². The van der Waals surface area contributed by atoms with Crippen molar-refractivity contribution in [3.8, 4) is 11.1 Å². The van der Waals surface area contributed by atoms with Crippen LogP contribution in [-0.2, 0) is 57.8 Å². The first-order valence-corrected chi connectivity index (χ1v) is 39.5. The van der Waals surface area contributed by atoms with Crippen LogP contribution in [0.25, 0.3) is 70.5 Å². The van der Waals surface area contributed by atoms with Crippen molar-refractivity contribution in [2.24, 2.45) is 0 Å². The molecule has 0 spiro atoms. The van der Waals surface area contributed by atoms with Gasteiger partial charge in [-0.1, -0.05) is 331 Å². The van der Waals surface area contributed by atoms with Crippen molar-refractivity contribution >= 4 is 59.4 Å². The summed E-state index contributed by atoms with van der Waals surface area (Å²) in [5, 5.41) is 2.76. The molecule has 0 radical (unpaired) electrons. The SMILES string of the molecule is C1=Cc2ccc3ccccc3c2C1.C1=Cc2ccccc2C1.C1=Cc2cccnc2C1.C1=Cc2ccncc2C1.C1=Cc2cnccc2C1.C1=Cc2cncnc2C1.C1=Cc2ncccc2C1.C1=Cc2ncncc2C1.CC.CC.CC.CC.CC.CC.CC.CC.CC.c1ccc2c(c1)Cc1ccccc1-2. The molecule has 11 aromatic rings. The summed E-state index contributed by atoms with van der Waals surface area (Å²) in [5.74, 6) is 0. The van der Waals surface area contributed by atoms with E-state index in [0.717, 1.165) is 80.4 Å². The van der Waals surface area contributed by atoms with E-state index in [9.17, 15) is 0 Å². The largest absolute Gasteiger partial charge is 0.264 e. The van der Waals surface area contributed by atoms with Crippen LogP contribution in [0.2, 0.25) is 0 Å². The molecule has 6 heterocycles. The Labute approximate surface area is 646 Å². The molecule has 8 nitrogen and oxygen atoms in total. The van der Waals surface area contributed by atoms with E-state index in [1.54, 1.807) is 12.7 Å². The molecule has 0 saturated carbocycles. The first-order valence-electron chi connectivity index (χ1n) is 39.5. The highest BCUT2D eigenvalue weighted by Crippen LogP contribution is 2.36. The molecular formula is C99H122N8. The fraction of sp³-hybridized carbons (Fsp3) is 0.273. The lowest BCUT2D eigenvalue weighted by atomic mass is 10.0. The molecule has 107 heavy (non-hydrogen) atoms. The van der Waals surface area contributed by atoms with Gasteiger partial charge in [-0.2, -0.15) is 0 Å². The Morgan fingerprint density at radius 2 is 0.654 bits per heavy atom. The van der Waals surface area contributed by atoms with Crippen LogP contribution in [0.4, 0.5) is 0 Å². The topological polar surface area (TPSA) is 103 Å². The number of allylic oxidation sites excluding steroid dienone is 8. The number of rotatable bonds is 0. The van der Waals surface area contributed by atoms with E-state index in [-0.39, 0.29) is 0 Å². The normalized spacial score (nSPS) is 11.8. The molecule has 0 fully saturated rings. The maximum absolute atomic E-state index is 4.20. The molecule has 0 aliphatic heterocycles. The zero-order valence-corrected chi connectivity index (χ0v) is 67.8. The van der Waals surface area contributed by atoms with Crippen molar-refractivity contribution in [2.45, 2.75) is 182 Å². The van der Waals surface area contributed by atoms with Gasteiger partial charge in [-0.05, 0) is 176 Å². The number of nitrogens with zero attached hydrogens (tertiary/aromatic N) is 8. The number of pyridine rings is 4. The first kappa shape index (κ1) is 90.3. The second-order valence-corrected chi connectivity index (χ2v) is 22.0. The van der Waals surface area contributed by atoms with Crippen molar-refractivity contribution in [1.82, 2.24) is 39.9 Å². The quantitative estimate of drug-likeness (QED) is 0.148. The molecule has 5 aromatic carbocycles. The Morgan fingerprint density at radius 1 is 0.234 bits per heavy atom. The highest BCUT2D eigenvalue weighted by Gasteiger charge is 2.16. The van der Waals surface area contributed by atoms with Gasteiger partial charge in [0, 0.05) is 68.0 Å². The minimum absolute atomic E-state index is 0.970. The lowest BCUT2D eigenvalue weighted by molar-refractivity contribution is 1.06. The molecule has 0 atom stereocenters. The molecule has 0 saturated heterocycles. The van der Waals surface area contributed by atoms with Crippen LogP contribution < -0.4 is 0 Å². The Hall–Kier alpha value is -11.0. The lowest BCUT2D eigenvalue weighted by Crippen LogP contribution is -1.86. The molecule has 0 bridgehead atoms. The van der Waals surface area contributed by atoms with Gasteiger partial charge in [0.1, 0.15) is 12.7 Å². The summed E-state index contributed by atoms with van der Waals surface area (Å²) in [6.07, 6.45) is 61.6. The van der Waals surface area contributed by atoms with Gasteiger partial charge < -0.3 is 0 Å². The predicted octanol–water partition coefficient (Wildman–Crippen LogP) is 26.9. The molecule has 0 unspecified atom stereocenters. The average molecular weight is 1420 g/mol. The maximum atomic E-state index is 4.20. The molecule has 0 N–H and O–H groups in total. The number of hydrogen-bond donors (Lipinski definition) is 0. The summed E-state index contributed by atoms with van der Waals surface area (Å²) in [4.78, 5) is 32.3. The van der Waals surface area contributed by atoms with Crippen LogP contribution in [0.5, 0.6) is 0 Å². The van der Waals surface area contributed by atoms with Crippen molar-refractivity contribution in [3.63, 3.8) is 0 Å². The summed E-state index contributed by atoms with van der Waals surface area (Å²) in [7, 11) is 0. The second-order valence-electron chi connectivity index (χ2n) is 22.0. The summed E-state index contributed by atoms with van der Waals surface area (Å²) in [6.45, 7) is 36.0. The van der Waals surface area contributed by atoms with Gasteiger partial charge in [0.05, 0.1) is 22.8 Å². The third-order valence-corrected chi connectivity index (χ3v) is 16.2. The van der Waals surface area contributed by atoms with Crippen molar-refractivity contribution < 1.29 is 0 Å². The van der Waals surface area contributed by atoms with E-state index in [0.29, 0.717) is 0 Å². The summed E-state index contributed by atoms with van der Waals surface area (Å²) in [5.41, 5.74) is 26.4. The van der Waals surface area contributed by atoms with Crippen LogP contribution in [0.3, 0.4) is 0 Å². The van der Waals surface area contributed by atoms with E-state index in [2.05, 4.69) is 258 Å². The standard InChI is InChI=1S/2C13H10.C9H8.4C8H7N.2C7H6N2.9C2H6/c1-3-7-12-10(5-1)9-11-6-2-4-8-13(11)12;1-2-6-12-10(4-1)8-9-11-5-3-7-13(11)12;1-2-5-9-7-3-6-8(9)4-1;2*1-3-7-4-2-6-9-8(7)5-1;2*1-2-7-4-5-9-6-8(7)3-1;2*1-2-6-4-8-5-9-7(6)3-1;9*1-2/h1-8H,9H2;1-6,8-9H,7H2;1-6H,7H2;1-2,4-6H,3H2;1-4,6H,5H2;1,3-6H,2H2;1-2,4-6H,3H2;1,3-5H,2H2;1-2,4-5H,3H2;9*1-2H3. The zero-order valence-electron chi connectivity index (χ0n) is 67.8. The van der Waals surface area contributed by atoms with Gasteiger partial charge in [0.25, 0.3) is 0 Å². The summed E-state index contributed by atoms with van der Waals surface area (Å²) in [6, 6.07) is 51.1. The molecule has 0 amide bonds. The third kappa shape index (κ3) is 29.1. The van der Waals surface area contributed by atoms with E-state index in [1.807, 2.05) is 198 Å². The highest BCUT2D eigenvalue weighted by atomic mass is 14.8. The molecule has 8 heteroatoms. The highest BCUT2D eigenvalue weighted by molar-refractivity contribution is 5.90. The number of fused-ring (bicyclic) bond motifs is 13. The zero-order chi connectivity index (χ0) is 78.1. The van der Waals surface area contributed by atoms with Crippen LogP contribution >= 0.6 is 0 Å². The molecule has 20 rings (SSSR count). The van der Waals surface area contributed by atoms with Crippen LogP contribution in [-0.4, -0.2) is 39.9 Å². The lowest BCUT2D eigenvalue weighted by Gasteiger charge is -2.03. The molecule has 558 valence electrons. The number of benzene rings is 5. The second kappa shape index (κ2) is 56.4. The Kier molecular flexibility index (Phi) is 47.6. The van der Waals surface area contributed by atoms with Gasteiger partial charge in [-0.25, -0.2) is 19.9 Å². The summed E-state index contributed by atoms with van der Waals surface area (Å²) < 4.78 is 0. The number of aromatic nitrogens is 8. The minimum atomic E-state index is 0.970. The van der Waals surface area contributed by atoms with Gasteiger partial charge in [-0.3, -0.25) is 19.9 Å². The average Bonchev–Trinajstić information content (AvgIpc) is 1.65. The molecular weight excluding hydrogens is 1300 g/mol. The van der Waals surface area contributed by atoms with Gasteiger partial charge >= 0.3 is 0 Å². The Bertz CT molecular complexity index is 3920. The Morgan fingerprint density at radius 3 is 1.28 bits per heavy atom. The van der Waals surface area contributed by atoms with Gasteiger partial charge in [0.15, 0.2) is 0 Å². The predicted molar refractivity (Wildman–Crippen MR) is 470 cm³/mol. The van der Waals surface area contributed by atoms with E-state index in [1.165, 1.54) is 99.9 Å². The molecule has 9 aliphatic rings. The summed E-state index contributed by atoms with van der Waals surface area (Å²) >= 11 is 0. The van der Waals surface area contributed by atoms with E-state index in [4.69, 9.17) is 0 Å². The van der Waals surface area contributed by atoms with Crippen molar-refractivity contribution in [2.75, 3.05) is 0 Å². The monoisotopic (exact) mass is 1420 g/mol. The van der Waals surface area contributed by atoms with Crippen LogP contribution in [0, 0.1) is 0 Å². The van der Waals surface area contributed by atoms with Gasteiger partial charge in [-0.15, -0.1) is 0 Å². The third-order valence-electron chi connectivity index (χ3n) is 16.2. The van der Waals surface area contributed by atoms with E-state index < -0.39 is 0 Å². The minimum Gasteiger partial charge on any atom is -0.264 e. The number of hydrogen-bond acceptors (Lipinski definition) is 8. The van der Waals surface area contributed by atoms with Gasteiger partial charge in [0.2, 0.25) is 0 Å². The first-order chi connectivity index (χ1) is 53.2. The Balaban J connectivity index is 0.000000305. The molecule has 9 aliphatic carbocycles. The van der Waals surface area contributed by atoms with E-state index >= 15 is 0 Å². The van der Waals surface area contributed by atoms with Crippen molar-refractivity contribution in [3.05, 3.63) is 357 Å². The molecule has 6 aromatic heterocycles.